The molecule has 3 aliphatic carbocycles. The van der Waals surface area contributed by atoms with E-state index in [2.05, 4.69) is 28.9 Å². The van der Waals surface area contributed by atoms with Crippen molar-refractivity contribution in [3.63, 3.8) is 0 Å². The molecule has 0 unspecified atom stereocenters. The Kier molecular flexibility index (Phi) is 2.38. The quantitative estimate of drug-likeness (QED) is 0.933. The van der Waals surface area contributed by atoms with Crippen LogP contribution in [0, 0.1) is 11.3 Å². The van der Waals surface area contributed by atoms with Gasteiger partial charge in [-0.15, -0.1) is 0 Å². The second kappa shape index (κ2) is 4.10. The van der Waals surface area contributed by atoms with Gasteiger partial charge in [-0.2, -0.15) is 5.10 Å². The van der Waals surface area contributed by atoms with E-state index in [0.717, 1.165) is 0 Å². The summed E-state index contributed by atoms with van der Waals surface area (Å²) < 4.78 is 2.32. The number of hydrogen-bond donors (Lipinski definition) is 1. The maximum Gasteiger partial charge on any atom is 0.0734 e. The number of fused-ring (bicyclic) bond motifs is 1. The summed E-state index contributed by atoms with van der Waals surface area (Å²) in [6, 6.07) is 9.33. The number of hydrogen-bond acceptors (Lipinski definition) is 2. The fraction of sp³-hybridized carbons (Fsp3) is 0.611. The predicted octanol–water partition coefficient (Wildman–Crippen LogP) is 3.64. The number of benzene rings is 1. The molecule has 0 bridgehead atoms. The minimum atomic E-state index is 0.378. The number of rotatable bonds is 3. The molecule has 1 heterocycles. The molecule has 110 valence electrons. The van der Waals surface area contributed by atoms with Gasteiger partial charge in [0.15, 0.2) is 0 Å². The SMILES string of the molecule is OCC1CC2(C1)CC(n1nc(C3CC3)c3ccccc31)C2. The fourth-order valence-corrected chi connectivity index (χ4v) is 4.79. The van der Waals surface area contributed by atoms with E-state index in [9.17, 15) is 5.11 Å². The van der Waals surface area contributed by atoms with E-state index in [4.69, 9.17) is 5.10 Å². The predicted molar refractivity (Wildman–Crippen MR) is 82.2 cm³/mol. The van der Waals surface area contributed by atoms with E-state index in [1.165, 1.54) is 55.1 Å². The molecule has 1 N–H and O–H groups in total. The minimum Gasteiger partial charge on any atom is -0.396 e. The molecule has 1 aromatic carbocycles. The lowest BCUT2D eigenvalue weighted by Gasteiger charge is -2.57. The monoisotopic (exact) mass is 282 g/mol. The Bertz CT molecular complexity index is 686. The minimum absolute atomic E-state index is 0.378. The topological polar surface area (TPSA) is 38.0 Å². The molecule has 3 saturated carbocycles. The van der Waals surface area contributed by atoms with E-state index < -0.39 is 0 Å². The highest BCUT2D eigenvalue weighted by molar-refractivity contribution is 5.83. The lowest BCUT2D eigenvalue weighted by atomic mass is 9.50. The molecule has 5 rings (SSSR count). The van der Waals surface area contributed by atoms with Gasteiger partial charge < -0.3 is 5.11 Å². The van der Waals surface area contributed by atoms with Gasteiger partial charge in [0, 0.05) is 17.9 Å². The molecule has 0 atom stereocenters. The lowest BCUT2D eigenvalue weighted by molar-refractivity contribution is -0.0792. The summed E-state index contributed by atoms with van der Waals surface area (Å²) in [5, 5.41) is 15.6. The van der Waals surface area contributed by atoms with Gasteiger partial charge >= 0.3 is 0 Å². The highest BCUT2D eigenvalue weighted by Crippen LogP contribution is 2.62. The van der Waals surface area contributed by atoms with Gasteiger partial charge in [-0.25, -0.2) is 0 Å². The molecule has 3 heteroatoms. The Morgan fingerprint density at radius 1 is 1.14 bits per heavy atom. The van der Waals surface area contributed by atoms with Gasteiger partial charge in [0.2, 0.25) is 0 Å². The molecule has 2 aromatic rings. The standard InChI is InChI=1S/C18H22N2O/c21-11-12-7-18(8-12)9-14(10-18)20-16-4-2-1-3-15(16)17(19-20)13-5-6-13/h1-4,12-14,21H,5-11H2. The molecular weight excluding hydrogens is 260 g/mol. The highest BCUT2D eigenvalue weighted by atomic mass is 16.3. The average molecular weight is 282 g/mol. The molecule has 0 radical (unpaired) electrons. The summed E-state index contributed by atoms with van der Waals surface area (Å²) in [6.45, 7) is 0.378. The normalized spacial score (nSPS) is 34.9. The first kappa shape index (κ1) is 12.2. The van der Waals surface area contributed by atoms with E-state index in [1.54, 1.807) is 0 Å². The zero-order valence-corrected chi connectivity index (χ0v) is 12.3. The Hall–Kier alpha value is -1.35. The third-order valence-corrected chi connectivity index (χ3v) is 5.99. The van der Waals surface area contributed by atoms with Crippen molar-refractivity contribution in [2.24, 2.45) is 11.3 Å². The second-order valence-electron chi connectivity index (χ2n) is 7.64. The highest BCUT2D eigenvalue weighted by Gasteiger charge is 2.53. The van der Waals surface area contributed by atoms with Crippen LogP contribution in [0.15, 0.2) is 24.3 Å². The third kappa shape index (κ3) is 1.73. The molecule has 3 nitrogen and oxygen atoms in total. The summed E-state index contributed by atoms with van der Waals surface area (Å²) in [4.78, 5) is 0. The van der Waals surface area contributed by atoms with E-state index >= 15 is 0 Å². The zero-order valence-electron chi connectivity index (χ0n) is 12.3. The summed E-state index contributed by atoms with van der Waals surface area (Å²) in [5.41, 5.74) is 3.22. The van der Waals surface area contributed by atoms with Gasteiger partial charge in [-0.1, -0.05) is 18.2 Å². The number of aromatic nitrogens is 2. The van der Waals surface area contributed by atoms with Crippen molar-refractivity contribution in [3.05, 3.63) is 30.0 Å². The van der Waals surface area contributed by atoms with Crippen LogP contribution in [0.1, 0.15) is 56.2 Å². The molecule has 1 aromatic heterocycles. The van der Waals surface area contributed by atoms with Crippen molar-refractivity contribution in [2.45, 2.75) is 50.5 Å². The van der Waals surface area contributed by atoms with Crippen molar-refractivity contribution < 1.29 is 5.11 Å². The number of aliphatic hydroxyl groups excluding tert-OH is 1. The average Bonchev–Trinajstić information content (AvgIpc) is 3.19. The van der Waals surface area contributed by atoms with Crippen LogP contribution in [0.5, 0.6) is 0 Å². The first-order valence-electron chi connectivity index (χ1n) is 8.36. The van der Waals surface area contributed by atoms with Crippen LogP contribution in [-0.2, 0) is 0 Å². The van der Waals surface area contributed by atoms with Gasteiger partial charge in [-0.05, 0) is 55.9 Å². The van der Waals surface area contributed by atoms with Gasteiger partial charge in [-0.3, -0.25) is 4.68 Å². The third-order valence-electron chi connectivity index (χ3n) is 5.99. The van der Waals surface area contributed by atoms with Crippen LogP contribution in [0.2, 0.25) is 0 Å². The largest absolute Gasteiger partial charge is 0.396 e. The first-order valence-corrected chi connectivity index (χ1v) is 8.36. The first-order chi connectivity index (χ1) is 10.3. The van der Waals surface area contributed by atoms with E-state index in [1.807, 2.05) is 0 Å². The Balaban J connectivity index is 1.44. The van der Waals surface area contributed by atoms with Gasteiger partial charge in [0.1, 0.15) is 0 Å². The van der Waals surface area contributed by atoms with Crippen LogP contribution in [0.3, 0.4) is 0 Å². The Morgan fingerprint density at radius 3 is 2.62 bits per heavy atom. The van der Waals surface area contributed by atoms with Crippen LogP contribution in [0.25, 0.3) is 10.9 Å². The molecule has 3 fully saturated rings. The van der Waals surface area contributed by atoms with Crippen molar-refractivity contribution in [2.75, 3.05) is 6.61 Å². The second-order valence-corrected chi connectivity index (χ2v) is 7.64. The molecule has 0 aliphatic heterocycles. The van der Waals surface area contributed by atoms with Crippen LogP contribution >= 0.6 is 0 Å². The Morgan fingerprint density at radius 2 is 1.90 bits per heavy atom. The van der Waals surface area contributed by atoms with Crippen molar-refractivity contribution in [1.82, 2.24) is 9.78 Å². The van der Waals surface area contributed by atoms with Crippen molar-refractivity contribution >= 4 is 10.9 Å². The molecule has 0 amide bonds. The van der Waals surface area contributed by atoms with Crippen molar-refractivity contribution in [1.29, 1.82) is 0 Å². The van der Waals surface area contributed by atoms with E-state index in [-0.39, 0.29) is 0 Å². The van der Waals surface area contributed by atoms with Crippen LogP contribution in [-0.4, -0.2) is 21.5 Å². The van der Waals surface area contributed by atoms with Gasteiger partial charge in [0.05, 0.1) is 17.3 Å². The molecule has 3 aliphatic rings. The summed E-state index contributed by atoms with van der Waals surface area (Å²) >= 11 is 0. The lowest BCUT2D eigenvalue weighted by Crippen LogP contribution is -2.49. The zero-order chi connectivity index (χ0) is 14.0. The van der Waals surface area contributed by atoms with Crippen molar-refractivity contribution in [3.8, 4) is 0 Å². The maximum absolute atomic E-state index is 9.22. The fourth-order valence-electron chi connectivity index (χ4n) is 4.79. The van der Waals surface area contributed by atoms with Crippen LogP contribution in [0.4, 0.5) is 0 Å². The maximum atomic E-state index is 9.22. The Labute approximate surface area is 125 Å². The summed E-state index contributed by atoms with van der Waals surface area (Å²) in [6.07, 6.45) is 7.61. The smallest absolute Gasteiger partial charge is 0.0734 e. The molecular formula is C18H22N2O. The molecule has 0 saturated heterocycles. The number of nitrogens with zero attached hydrogens (tertiary/aromatic N) is 2. The van der Waals surface area contributed by atoms with Gasteiger partial charge in [0.25, 0.3) is 0 Å². The van der Waals surface area contributed by atoms with Crippen LogP contribution < -0.4 is 0 Å². The molecule has 1 spiro atoms. The summed E-state index contributed by atoms with van der Waals surface area (Å²) in [7, 11) is 0. The summed E-state index contributed by atoms with van der Waals surface area (Å²) in [5.74, 6) is 1.29. The molecule has 21 heavy (non-hydrogen) atoms. The number of aliphatic hydroxyl groups is 1. The number of para-hydroxylation sites is 1. The van der Waals surface area contributed by atoms with E-state index in [0.29, 0.717) is 29.9 Å².